The molecular weight excluding hydrogens is 388 g/mol. The number of esters is 1. The van der Waals surface area contributed by atoms with Crippen LogP contribution in [0.4, 0.5) is 5.00 Å². The molecule has 29 heavy (non-hydrogen) atoms. The fourth-order valence-electron chi connectivity index (χ4n) is 4.17. The third-order valence-corrected chi connectivity index (χ3v) is 6.46. The number of nitrogens with zero attached hydrogens (tertiary/aromatic N) is 2. The molecule has 0 aliphatic carbocycles. The van der Waals surface area contributed by atoms with Crippen LogP contribution in [0.15, 0.2) is 6.07 Å². The van der Waals surface area contributed by atoms with Crippen molar-refractivity contribution >= 4 is 28.2 Å². The minimum Gasteiger partial charge on any atom is -0.462 e. The van der Waals surface area contributed by atoms with Crippen molar-refractivity contribution in [2.45, 2.75) is 72.5 Å². The number of hydrogen-bond acceptors (Lipinski definition) is 6. The highest BCUT2D eigenvalue weighted by Crippen LogP contribution is 2.45. The number of thiophene rings is 1. The lowest BCUT2D eigenvalue weighted by molar-refractivity contribution is 0.0526. The second kappa shape index (κ2) is 7.57. The summed E-state index contributed by atoms with van der Waals surface area (Å²) < 4.78 is 7.01. The van der Waals surface area contributed by atoms with Gasteiger partial charge in [0.25, 0.3) is 5.91 Å². The van der Waals surface area contributed by atoms with Crippen molar-refractivity contribution in [1.29, 1.82) is 0 Å². The highest BCUT2D eigenvalue weighted by Gasteiger charge is 2.42. The third kappa shape index (κ3) is 4.09. The number of aromatic nitrogens is 2. The number of carbonyl (C=O) groups is 2. The maximum Gasteiger partial charge on any atom is 0.341 e. The minimum absolute atomic E-state index is 0.183. The van der Waals surface area contributed by atoms with Crippen LogP contribution in [0.3, 0.4) is 0 Å². The van der Waals surface area contributed by atoms with Crippen molar-refractivity contribution in [3.63, 3.8) is 0 Å². The molecule has 0 saturated carbocycles. The first-order valence-electron chi connectivity index (χ1n) is 9.97. The summed E-state index contributed by atoms with van der Waals surface area (Å²) in [6, 6.07) is 1.75. The number of ether oxygens (including phenoxy) is 1. The molecule has 3 heterocycles. The standard InChI is InChI=1S/C21H30N4O3S/c1-8-25-14(10-12(3)23-25)17(26)22-18-15(19(27)28-9-2)13-11-20(4,5)24-21(6,7)16(13)29-18/h10,24H,8-9,11H2,1-7H3,(H,22,26). The first-order valence-corrected chi connectivity index (χ1v) is 10.8. The van der Waals surface area contributed by atoms with Crippen LogP contribution in [-0.2, 0) is 23.2 Å². The van der Waals surface area contributed by atoms with Gasteiger partial charge in [0, 0.05) is 22.5 Å². The average Bonchev–Trinajstić information content (AvgIpc) is 3.14. The molecule has 0 saturated heterocycles. The number of amides is 1. The number of aryl methyl sites for hydroxylation is 2. The minimum atomic E-state index is -0.394. The Morgan fingerprint density at radius 2 is 2.00 bits per heavy atom. The van der Waals surface area contributed by atoms with Crippen LogP contribution in [0.2, 0.25) is 0 Å². The molecule has 1 aliphatic rings. The van der Waals surface area contributed by atoms with E-state index in [1.807, 2.05) is 13.8 Å². The van der Waals surface area contributed by atoms with Crippen molar-refractivity contribution in [3.05, 3.63) is 33.5 Å². The van der Waals surface area contributed by atoms with Crippen molar-refractivity contribution < 1.29 is 14.3 Å². The summed E-state index contributed by atoms with van der Waals surface area (Å²) in [4.78, 5) is 26.9. The van der Waals surface area contributed by atoms with Gasteiger partial charge >= 0.3 is 5.97 Å². The number of fused-ring (bicyclic) bond motifs is 1. The van der Waals surface area contributed by atoms with Gasteiger partial charge in [0.1, 0.15) is 10.7 Å². The highest BCUT2D eigenvalue weighted by molar-refractivity contribution is 7.17. The van der Waals surface area contributed by atoms with E-state index in [-0.39, 0.29) is 23.6 Å². The van der Waals surface area contributed by atoms with Gasteiger partial charge in [0.15, 0.2) is 0 Å². The van der Waals surface area contributed by atoms with E-state index in [9.17, 15) is 9.59 Å². The SMILES string of the molecule is CCOC(=O)c1c(NC(=O)c2cc(C)nn2CC)sc2c1CC(C)(C)NC2(C)C. The van der Waals surface area contributed by atoms with Crippen LogP contribution in [0.5, 0.6) is 0 Å². The van der Waals surface area contributed by atoms with Crippen molar-refractivity contribution in [2.24, 2.45) is 0 Å². The van der Waals surface area contributed by atoms with Crippen molar-refractivity contribution in [1.82, 2.24) is 15.1 Å². The Morgan fingerprint density at radius 3 is 2.62 bits per heavy atom. The van der Waals surface area contributed by atoms with Gasteiger partial charge in [-0.3, -0.25) is 9.48 Å². The Kier molecular flexibility index (Phi) is 5.62. The number of rotatable bonds is 5. The fourth-order valence-corrected chi connectivity index (χ4v) is 5.43. The molecule has 2 N–H and O–H groups in total. The average molecular weight is 419 g/mol. The zero-order chi connectivity index (χ0) is 21.6. The molecule has 1 amide bonds. The van der Waals surface area contributed by atoms with Gasteiger partial charge in [0.2, 0.25) is 0 Å². The van der Waals surface area contributed by atoms with Crippen LogP contribution in [0.1, 0.15) is 78.5 Å². The third-order valence-electron chi connectivity index (χ3n) is 4.99. The molecule has 1 aliphatic heterocycles. The number of anilines is 1. The van der Waals surface area contributed by atoms with E-state index < -0.39 is 5.97 Å². The van der Waals surface area contributed by atoms with Crippen LogP contribution >= 0.6 is 11.3 Å². The van der Waals surface area contributed by atoms with Gasteiger partial charge in [-0.05, 0) is 66.5 Å². The van der Waals surface area contributed by atoms with Crippen LogP contribution in [-0.4, -0.2) is 33.8 Å². The van der Waals surface area contributed by atoms with E-state index in [2.05, 4.69) is 43.4 Å². The lowest BCUT2D eigenvalue weighted by Gasteiger charge is -2.42. The molecule has 0 bridgehead atoms. The fraction of sp³-hybridized carbons (Fsp3) is 0.571. The Hall–Kier alpha value is -2.19. The summed E-state index contributed by atoms with van der Waals surface area (Å²) in [5.74, 6) is -0.671. The molecule has 8 heteroatoms. The topological polar surface area (TPSA) is 85.2 Å². The van der Waals surface area contributed by atoms with Crippen LogP contribution < -0.4 is 10.6 Å². The largest absolute Gasteiger partial charge is 0.462 e. The summed E-state index contributed by atoms with van der Waals surface area (Å²) in [5.41, 5.74) is 2.18. The number of carbonyl (C=O) groups excluding carboxylic acids is 2. The van der Waals surface area contributed by atoms with Gasteiger partial charge in [-0.25, -0.2) is 4.79 Å². The molecule has 2 aromatic heterocycles. The van der Waals surface area contributed by atoms with Crippen LogP contribution in [0, 0.1) is 6.92 Å². The molecule has 0 atom stereocenters. The predicted molar refractivity (Wildman–Crippen MR) is 115 cm³/mol. The molecule has 3 rings (SSSR count). The molecule has 0 fully saturated rings. The first-order chi connectivity index (χ1) is 13.5. The highest BCUT2D eigenvalue weighted by atomic mass is 32.1. The number of nitrogens with one attached hydrogen (secondary N) is 2. The van der Waals surface area contributed by atoms with Gasteiger partial charge in [-0.1, -0.05) is 0 Å². The van der Waals surface area contributed by atoms with Crippen LogP contribution in [0.25, 0.3) is 0 Å². The molecule has 2 aromatic rings. The van der Waals surface area contributed by atoms with Gasteiger partial charge in [-0.15, -0.1) is 11.3 Å². The molecule has 7 nitrogen and oxygen atoms in total. The Labute approximate surface area is 175 Å². The van der Waals surface area contributed by atoms with E-state index in [1.54, 1.807) is 17.7 Å². The molecule has 158 valence electrons. The van der Waals surface area contributed by atoms with Crippen molar-refractivity contribution in [2.75, 3.05) is 11.9 Å². The monoisotopic (exact) mass is 418 g/mol. The zero-order valence-corrected chi connectivity index (χ0v) is 19.0. The second-order valence-electron chi connectivity index (χ2n) is 8.59. The molecule has 0 radical (unpaired) electrons. The summed E-state index contributed by atoms with van der Waals surface area (Å²) in [6.45, 7) is 14.9. The van der Waals surface area contributed by atoms with Gasteiger partial charge < -0.3 is 15.4 Å². The van der Waals surface area contributed by atoms with Gasteiger partial charge in [-0.2, -0.15) is 5.10 Å². The molecule has 0 spiro atoms. The predicted octanol–water partition coefficient (Wildman–Crippen LogP) is 3.86. The maximum atomic E-state index is 13.0. The molecular formula is C21H30N4O3S. The summed E-state index contributed by atoms with van der Waals surface area (Å²) >= 11 is 1.44. The normalized spacial score (nSPS) is 16.9. The zero-order valence-electron chi connectivity index (χ0n) is 18.2. The Balaban J connectivity index is 2.08. The van der Waals surface area contributed by atoms with E-state index in [1.165, 1.54) is 11.3 Å². The maximum absolute atomic E-state index is 13.0. The van der Waals surface area contributed by atoms with E-state index >= 15 is 0 Å². The molecule has 0 unspecified atom stereocenters. The van der Waals surface area contributed by atoms with Gasteiger partial charge in [0.05, 0.1) is 17.9 Å². The Bertz CT molecular complexity index is 956. The van der Waals surface area contributed by atoms with E-state index in [0.29, 0.717) is 29.2 Å². The summed E-state index contributed by atoms with van der Waals surface area (Å²) in [7, 11) is 0. The first kappa shape index (κ1) is 21.5. The van der Waals surface area contributed by atoms with E-state index in [0.717, 1.165) is 16.1 Å². The smallest absolute Gasteiger partial charge is 0.341 e. The Morgan fingerprint density at radius 1 is 1.31 bits per heavy atom. The second-order valence-corrected chi connectivity index (χ2v) is 9.61. The number of hydrogen-bond donors (Lipinski definition) is 2. The quantitative estimate of drug-likeness (QED) is 0.720. The van der Waals surface area contributed by atoms with E-state index in [4.69, 9.17) is 4.74 Å². The lowest BCUT2D eigenvalue weighted by Crippen LogP contribution is -2.55. The summed E-state index contributed by atoms with van der Waals surface area (Å²) in [6.07, 6.45) is 0.679. The summed E-state index contributed by atoms with van der Waals surface area (Å²) in [5, 5.41) is 11.5. The molecule has 0 aromatic carbocycles. The lowest BCUT2D eigenvalue weighted by atomic mass is 9.81. The van der Waals surface area contributed by atoms with Crippen molar-refractivity contribution in [3.8, 4) is 0 Å².